The maximum absolute atomic E-state index is 12.1. The Kier molecular flexibility index (Phi) is 4.33. The Morgan fingerprint density at radius 3 is 2.48 bits per heavy atom. The van der Waals surface area contributed by atoms with E-state index < -0.39 is 27.3 Å². The summed E-state index contributed by atoms with van der Waals surface area (Å²) in [5, 5.41) is 18.7. The van der Waals surface area contributed by atoms with Crippen LogP contribution in [0, 0.1) is 0 Å². The minimum atomic E-state index is -4.03. The van der Waals surface area contributed by atoms with E-state index in [1.165, 1.54) is 12.1 Å². The number of hydrogen-bond acceptors (Lipinski definition) is 5. The highest BCUT2D eigenvalue weighted by atomic mass is 35.5. The lowest BCUT2D eigenvalue weighted by Gasteiger charge is -2.09. The van der Waals surface area contributed by atoms with Crippen molar-refractivity contribution in [2.45, 2.75) is 4.21 Å². The first kappa shape index (κ1) is 15.9. The number of anilines is 1. The lowest BCUT2D eigenvalue weighted by molar-refractivity contribution is 0.0694. The third-order valence-electron chi connectivity index (χ3n) is 2.40. The Bertz CT molecular complexity index is 797. The van der Waals surface area contributed by atoms with Crippen LogP contribution in [-0.2, 0) is 10.0 Å². The van der Waals surface area contributed by atoms with Gasteiger partial charge in [0.1, 0.15) is 14.1 Å². The molecular formula is C11H7Cl2NO5S2. The first-order valence-electron chi connectivity index (χ1n) is 5.25. The highest BCUT2D eigenvalue weighted by molar-refractivity contribution is 7.94. The fourth-order valence-corrected chi connectivity index (χ4v) is 4.40. The normalized spacial score (nSPS) is 11.3. The zero-order valence-corrected chi connectivity index (χ0v) is 13.1. The summed E-state index contributed by atoms with van der Waals surface area (Å²) in [7, 11) is -4.03. The van der Waals surface area contributed by atoms with E-state index in [4.69, 9.17) is 28.3 Å². The van der Waals surface area contributed by atoms with Crippen molar-refractivity contribution < 1.29 is 23.4 Å². The smallest absolute Gasteiger partial charge is 0.339 e. The van der Waals surface area contributed by atoms with Crippen LogP contribution in [0.25, 0.3) is 0 Å². The lowest BCUT2D eigenvalue weighted by atomic mass is 10.2. The van der Waals surface area contributed by atoms with Crippen LogP contribution in [0.3, 0.4) is 0 Å². The minimum absolute atomic E-state index is 0.0885. The molecule has 0 radical (unpaired) electrons. The molecule has 0 aliphatic heterocycles. The minimum Gasteiger partial charge on any atom is -0.505 e. The second-order valence-electron chi connectivity index (χ2n) is 3.80. The molecule has 1 aromatic carbocycles. The molecule has 0 atom stereocenters. The molecule has 6 nitrogen and oxygen atoms in total. The predicted octanol–water partition coefficient (Wildman–Crippen LogP) is 3.26. The molecule has 0 aliphatic rings. The topological polar surface area (TPSA) is 104 Å². The van der Waals surface area contributed by atoms with Crippen LogP contribution in [0.5, 0.6) is 5.75 Å². The van der Waals surface area contributed by atoms with Crippen molar-refractivity contribution in [2.24, 2.45) is 0 Å². The molecule has 0 spiro atoms. The summed E-state index contributed by atoms with van der Waals surface area (Å²) < 4.78 is 26.3. The van der Waals surface area contributed by atoms with Crippen molar-refractivity contribution in [3.63, 3.8) is 0 Å². The monoisotopic (exact) mass is 367 g/mol. The van der Waals surface area contributed by atoms with Gasteiger partial charge in [0.05, 0.1) is 10.7 Å². The third kappa shape index (κ3) is 3.24. The van der Waals surface area contributed by atoms with Crippen molar-refractivity contribution in [1.29, 1.82) is 0 Å². The number of benzene rings is 1. The number of carboxylic acid groups (broad SMARTS) is 1. The van der Waals surface area contributed by atoms with Crippen LogP contribution in [-0.4, -0.2) is 24.6 Å². The molecule has 21 heavy (non-hydrogen) atoms. The number of aromatic carboxylic acids is 1. The molecule has 0 saturated carbocycles. The van der Waals surface area contributed by atoms with Gasteiger partial charge in [-0.3, -0.25) is 4.72 Å². The summed E-state index contributed by atoms with van der Waals surface area (Å²) in [4.78, 5) is 10.9. The Morgan fingerprint density at radius 2 is 1.95 bits per heavy atom. The average molecular weight is 368 g/mol. The van der Waals surface area contributed by atoms with Crippen LogP contribution in [0.15, 0.2) is 28.5 Å². The van der Waals surface area contributed by atoms with Crippen molar-refractivity contribution >= 4 is 56.2 Å². The second-order valence-corrected chi connectivity index (χ2v) is 7.77. The van der Waals surface area contributed by atoms with Gasteiger partial charge in [-0.2, -0.15) is 0 Å². The van der Waals surface area contributed by atoms with Crippen molar-refractivity contribution in [1.82, 2.24) is 0 Å². The van der Waals surface area contributed by atoms with Crippen LogP contribution in [0.4, 0.5) is 5.69 Å². The highest BCUT2D eigenvalue weighted by Crippen LogP contribution is 2.36. The van der Waals surface area contributed by atoms with Gasteiger partial charge in [-0.05, 0) is 18.2 Å². The van der Waals surface area contributed by atoms with Gasteiger partial charge in [-0.1, -0.05) is 29.3 Å². The number of carbonyl (C=O) groups is 1. The molecule has 0 bridgehead atoms. The lowest BCUT2D eigenvalue weighted by Crippen LogP contribution is -2.12. The number of hydrogen-bond donors (Lipinski definition) is 3. The molecule has 0 unspecified atom stereocenters. The SMILES string of the molecule is O=C(O)c1cccc(NS(=O)(=O)c2cc(Cl)c(Cl)s2)c1O. The van der Waals surface area contributed by atoms with Gasteiger partial charge in [0.2, 0.25) is 0 Å². The summed E-state index contributed by atoms with van der Waals surface area (Å²) in [5.41, 5.74) is -0.673. The van der Waals surface area contributed by atoms with E-state index in [1.807, 2.05) is 0 Å². The van der Waals surface area contributed by atoms with Gasteiger partial charge in [-0.25, -0.2) is 13.2 Å². The van der Waals surface area contributed by atoms with E-state index in [0.29, 0.717) is 0 Å². The van der Waals surface area contributed by atoms with E-state index in [9.17, 15) is 18.3 Å². The summed E-state index contributed by atoms with van der Waals surface area (Å²) >= 11 is 12.1. The van der Waals surface area contributed by atoms with E-state index in [2.05, 4.69) is 4.72 Å². The van der Waals surface area contributed by atoms with E-state index in [-0.39, 0.29) is 19.3 Å². The number of nitrogens with one attached hydrogen (secondary N) is 1. The molecular weight excluding hydrogens is 361 g/mol. The first-order valence-corrected chi connectivity index (χ1v) is 8.31. The number of phenols is 1. The van der Waals surface area contributed by atoms with Crippen LogP contribution in [0.1, 0.15) is 10.4 Å². The summed E-state index contributed by atoms with van der Waals surface area (Å²) in [5.74, 6) is -2.06. The molecule has 1 aromatic heterocycles. The first-order chi connectivity index (χ1) is 9.72. The van der Waals surface area contributed by atoms with E-state index >= 15 is 0 Å². The largest absolute Gasteiger partial charge is 0.505 e. The van der Waals surface area contributed by atoms with Crippen molar-refractivity contribution in [3.8, 4) is 5.75 Å². The van der Waals surface area contributed by atoms with E-state index in [0.717, 1.165) is 23.5 Å². The maximum Gasteiger partial charge on any atom is 0.339 e. The maximum atomic E-state index is 12.1. The molecule has 1 heterocycles. The number of thiophene rings is 1. The number of halogens is 2. The van der Waals surface area contributed by atoms with Gasteiger partial charge in [0.25, 0.3) is 10.0 Å². The molecule has 2 aromatic rings. The van der Waals surface area contributed by atoms with Gasteiger partial charge in [0, 0.05) is 0 Å². The Hall–Kier alpha value is -1.48. The Balaban J connectivity index is 2.42. The third-order valence-corrected chi connectivity index (χ3v) is 6.10. The van der Waals surface area contributed by atoms with Crippen LogP contribution in [0.2, 0.25) is 9.36 Å². The second kappa shape index (κ2) is 5.72. The molecule has 10 heteroatoms. The predicted molar refractivity (Wildman–Crippen MR) is 80.2 cm³/mol. The standard InChI is InChI=1S/C11H7Cl2NO5S2/c12-6-4-8(20-10(6)13)21(18,19)14-7-3-1-2-5(9(7)15)11(16)17/h1-4,14-15H,(H,16,17). The quantitative estimate of drug-likeness (QED) is 0.719. The van der Waals surface area contributed by atoms with Gasteiger partial charge in [0.15, 0.2) is 5.75 Å². The zero-order valence-electron chi connectivity index (χ0n) is 10.0. The fraction of sp³-hybridized carbons (Fsp3) is 0. The summed E-state index contributed by atoms with van der Waals surface area (Å²) in [6, 6.07) is 4.84. The van der Waals surface area contributed by atoms with Gasteiger partial charge in [-0.15, -0.1) is 11.3 Å². The highest BCUT2D eigenvalue weighted by Gasteiger charge is 2.22. The Labute approximate surface area is 133 Å². The van der Waals surface area contributed by atoms with Crippen molar-refractivity contribution in [2.75, 3.05) is 4.72 Å². The van der Waals surface area contributed by atoms with Crippen LogP contribution >= 0.6 is 34.5 Å². The number of carboxylic acids is 1. The van der Waals surface area contributed by atoms with E-state index in [1.54, 1.807) is 0 Å². The van der Waals surface area contributed by atoms with Gasteiger partial charge >= 0.3 is 5.97 Å². The summed E-state index contributed by atoms with van der Waals surface area (Å²) in [6.45, 7) is 0. The fourth-order valence-electron chi connectivity index (χ4n) is 1.45. The number of para-hydroxylation sites is 1. The molecule has 0 saturated heterocycles. The molecule has 2 rings (SSSR count). The van der Waals surface area contributed by atoms with Crippen molar-refractivity contribution in [3.05, 3.63) is 39.2 Å². The molecule has 0 amide bonds. The Morgan fingerprint density at radius 1 is 1.29 bits per heavy atom. The average Bonchev–Trinajstić information content (AvgIpc) is 2.72. The molecule has 112 valence electrons. The summed E-state index contributed by atoms with van der Waals surface area (Å²) in [6.07, 6.45) is 0. The molecule has 0 fully saturated rings. The number of rotatable bonds is 4. The molecule has 0 aliphatic carbocycles. The zero-order chi connectivity index (χ0) is 15.8. The molecule has 3 N–H and O–H groups in total. The van der Waals surface area contributed by atoms with Crippen LogP contribution < -0.4 is 4.72 Å². The number of aromatic hydroxyl groups is 1. The van der Waals surface area contributed by atoms with Gasteiger partial charge < -0.3 is 10.2 Å². The number of sulfonamides is 1.